The number of carboxylic acids is 1. The summed E-state index contributed by atoms with van der Waals surface area (Å²) in [5.41, 5.74) is 1.15. The van der Waals surface area contributed by atoms with Crippen molar-refractivity contribution < 1.29 is 23.8 Å². The number of nitrogens with one attached hydrogen (secondary N) is 1. The van der Waals surface area contributed by atoms with Crippen LogP contribution in [0.3, 0.4) is 0 Å². The Morgan fingerprint density at radius 1 is 1.53 bits per heavy atom. The lowest BCUT2D eigenvalue weighted by atomic mass is 10.2. The third-order valence-electron chi connectivity index (χ3n) is 2.18. The molecular formula is C13H17NO5. The Bertz CT molecular complexity index is 463. The predicted octanol–water partition coefficient (Wildman–Crippen LogP) is 1.23. The Kier molecular flexibility index (Phi) is 5.81. The molecule has 0 bridgehead atoms. The normalized spacial score (nSPS) is 10.2. The van der Waals surface area contributed by atoms with Gasteiger partial charge in [-0.25, -0.2) is 0 Å². The second-order valence-corrected chi connectivity index (χ2v) is 4.09. The molecule has 0 aliphatic carbocycles. The summed E-state index contributed by atoms with van der Waals surface area (Å²) in [5.74, 6) is -1.27. The van der Waals surface area contributed by atoms with E-state index in [0.29, 0.717) is 19.8 Å². The van der Waals surface area contributed by atoms with Gasteiger partial charge in [-0.2, -0.15) is 0 Å². The van der Waals surface area contributed by atoms with E-state index in [1.807, 2.05) is 6.92 Å². The molecule has 1 aromatic heterocycles. The van der Waals surface area contributed by atoms with E-state index in [4.69, 9.17) is 14.3 Å². The lowest BCUT2D eigenvalue weighted by Gasteiger charge is -2.06. The smallest absolute Gasteiger partial charge is 0.311 e. The van der Waals surface area contributed by atoms with Gasteiger partial charge in [0, 0.05) is 6.54 Å². The van der Waals surface area contributed by atoms with Gasteiger partial charge in [0.15, 0.2) is 0 Å². The van der Waals surface area contributed by atoms with Gasteiger partial charge in [-0.3, -0.25) is 9.59 Å². The SMILES string of the molecule is C=C(C)COCCNC(=O)c1ccoc1CC(=O)O. The van der Waals surface area contributed by atoms with Gasteiger partial charge in [-0.05, 0) is 13.0 Å². The summed E-state index contributed by atoms with van der Waals surface area (Å²) in [7, 11) is 0. The summed E-state index contributed by atoms with van der Waals surface area (Å²) in [6.45, 7) is 6.69. The largest absolute Gasteiger partial charge is 0.481 e. The van der Waals surface area contributed by atoms with Crippen molar-refractivity contribution in [2.45, 2.75) is 13.3 Å². The van der Waals surface area contributed by atoms with Crippen molar-refractivity contribution in [1.29, 1.82) is 0 Å². The Morgan fingerprint density at radius 3 is 2.89 bits per heavy atom. The van der Waals surface area contributed by atoms with E-state index in [1.54, 1.807) is 0 Å². The van der Waals surface area contributed by atoms with Gasteiger partial charge in [0.05, 0.1) is 25.0 Å². The highest BCUT2D eigenvalue weighted by Gasteiger charge is 2.16. The topological polar surface area (TPSA) is 88.8 Å². The van der Waals surface area contributed by atoms with Gasteiger partial charge < -0.3 is 19.6 Å². The second kappa shape index (κ2) is 7.38. The number of rotatable bonds is 8. The average molecular weight is 267 g/mol. The van der Waals surface area contributed by atoms with Crippen LogP contribution < -0.4 is 5.32 Å². The van der Waals surface area contributed by atoms with E-state index in [0.717, 1.165) is 5.57 Å². The Hall–Kier alpha value is -2.08. The molecule has 0 saturated carbocycles. The zero-order valence-electron chi connectivity index (χ0n) is 10.8. The highest BCUT2D eigenvalue weighted by Crippen LogP contribution is 2.11. The first-order chi connectivity index (χ1) is 9.00. The van der Waals surface area contributed by atoms with Crippen molar-refractivity contribution in [3.63, 3.8) is 0 Å². The van der Waals surface area contributed by atoms with Crippen LogP contribution in [0.1, 0.15) is 23.0 Å². The molecule has 1 rings (SSSR count). The van der Waals surface area contributed by atoms with Gasteiger partial charge in [-0.1, -0.05) is 12.2 Å². The van der Waals surface area contributed by atoms with Gasteiger partial charge in [0.1, 0.15) is 12.2 Å². The summed E-state index contributed by atoms with van der Waals surface area (Å²) in [5, 5.41) is 11.3. The molecule has 6 heteroatoms. The number of carbonyl (C=O) groups is 2. The molecule has 1 amide bonds. The van der Waals surface area contributed by atoms with Crippen LogP contribution in [0, 0.1) is 0 Å². The fourth-order valence-electron chi connectivity index (χ4n) is 1.40. The third kappa shape index (κ3) is 5.39. The molecule has 0 aromatic carbocycles. The molecule has 0 saturated heterocycles. The van der Waals surface area contributed by atoms with Gasteiger partial charge in [0.25, 0.3) is 5.91 Å². The molecule has 2 N–H and O–H groups in total. The van der Waals surface area contributed by atoms with Crippen LogP contribution in [-0.2, 0) is 16.0 Å². The highest BCUT2D eigenvalue weighted by molar-refractivity contribution is 5.95. The summed E-state index contributed by atoms with van der Waals surface area (Å²) >= 11 is 0. The quantitative estimate of drug-likeness (QED) is 0.546. The lowest BCUT2D eigenvalue weighted by molar-refractivity contribution is -0.136. The zero-order valence-corrected chi connectivity index (χ0v) is 10.8. The minimum absolute atomic E-state index is 0.146. The average Bonchev–Trinajstić information content (AvgIpc) is 2.75. The van der Waals surface area contributed by atoms with Crippen molar-refractivity contribution in [2.75, 3.05) is 19.8 Å². The van der Waals surface area contributed by atoms with Crippen LogP contribution in [0.15, 0.2) is 28.9 Å². The van der Waals surface area contributed by atoms with E-state index in [9.17, 15) is 9.59 Å². The van der Waals surface area contributed by atoms with Gasteiger partial charge in [0.2, 0.25) is 0 Å². The van der Waals surface area contributed by atoms with Crippen LogP contribution in [0.25, 0.3) is 0 Å². The summed E-state index contributed by atoms with van der Waals surface area (Å²) in [4.78, 5) is 22.4. The minimum Gasteiger partial charge on any atom is -0.481 e. The van der Waals surface area contributed by atoms with Crippen molar-refractivity contribution in [3.05, 3.63) is 35.8 Å². The number of carbonyl (C=O) groups excluding carboxylic acids is 1. The first-order valence-electron chi connectivity index (χ1n) is 5.79. The minimum atomic E-state index is -1.05. The number of carboxylic acid groups (broad SMARTS) is 1. The molecule has 1 heterocycles. The molecule has 19 heavy (non-hydrogen) atoms. The molecule has 0 unspecified atom stereocenters. The fraction of sp³-hybridized carbons (Fsp3) is 0.385. The molecule has 104 valence electrons. The molecular weight excluding hydrogens is 250 g/mol. The molecule has 0 radical (unpaired) electrons. The number of amides is 1. The van der Waals surface area contributed by atoms with Crippen molar-refractivity contribution in [2.24, 2.45) is 0 Å². The Labute approximate surface area is 111 Å². The Balaban J connectivity index is 2.39. The van der Waals surface area contributed by atoms with Crippen molar-refractivity contribution >= 4 is 11.9 Å². The number of furan rings is 1. The first kappa shape index (κ1) is 15.0. The maximum absolute atomic E-state index is 11.8. The summed E-state index contributed by atoms with van der Waals surface area (Å²) in [6.07, 6.45) is 0.979. The zero-order chi connectivity index (χ0) is 14.3. The molecule has 0 aliphatic rings. The van der Waals surface area contributed by atoms with Crippen molar-refractivity contribution in [3.8, 4) is 0 Å². The maximum Gasteiger partial charge on any atom is 0.311 e. The fourth-order valence-corrected chi connectivity index (χ4v) is 1.40. The van der Waals surface area contributed by atoms with Crippen molar-refractivity contribution in [1.82, 2.24) is 5.32 Å². The number of ether oxygens (including phenoxy) is 1. The summed E-state index contributed by atoms with van der Waals surface area (Å²) < 4.78 is 10.2. The molecule has 0 fully saturated rings. The van der Waals surface area contributed by atoms with Gasteiger partial charge in [-0.15, -0.1) is 0 Å². The van der Waals surface area contributed by atoms with E-state index in [2.05, 4.69) is 11.9 Å². The molecule has 6 nitrogen and oxygen atoms in total. The van der Waals surface area contributed by atoms with Gasteiger partial charge >= 0.3 is 5.97 Å². The highest BCUT2D eigenvalue weighted by atomic mass is 16.5. The number of hydrogen-bond donors (Lipinski definition) is 2. The van der Waals surface area contributed by atoms with Crippen LogP contribution >= 0.6 is 0 Å². The van der Waals surface area contributed by atoms with E-state index in [1.165, 1.54) is 12.3 Å². The molecule has 0 spiro atoms. The van der Waals surface area contributed by atoms with E-state index >= 15 is 0 Å². The molecule has 1 aromatic rings. The van der Waals surface area contributed by atoms with Crippen LogP contribution in [0.4, 0.5) is 0 Å². The summed E-state index contributed by atoms with van der Waals surface area (Å²) in [6, 6.07) is 1.45. The monoisotopic (exact) mass is 267 g/mol. The number of hydrogen-bond acceptors (Lipinski definition) is 4. The van der Waals surface area contributed by atoms with E-state index in [-0.39, 0.29) is 23.7 Å². The van der Waals surface area contributed by atoms with Crippen LogP contribution in [0.2, 0.25) is 0 Å². The lowest BCUT2D eigenvalue weighted by Crippen LogP contribution is -2.28. The van der Waals surface area contributed by atoms with Crippen LogP contribution in [-0.4, -0.2) is 36.7 Å². The second-order valence-electron chi connectivity index (χ2n) is 4.09. The third-order valence-corrected chi connectivity index (χ3v) is 2.18. The standard InChI is InChI=1S/C13H17NO5/c1-9(2)8-18-6-4-14-13(17)10-3-5-19-11(10)7-12(15)16/h3,5H,1,4,6-8H2,2H3,(H,14,17)(H,15,16). The first-order valence-corrected chi connectivity index (χ1v) is 5.79. The predicted molar refractivity (Wildman–Crippen MR) is 68.0 cm³/mol. The number of aliphatic carboxylic acids is 1. The van der Waals surface area contributed by atoms with E-state index < -0.39 is 5.97 Å². The molecule has 0 atom stereocenters. The molecule has 0 aliphatic heterocycles. The van der Waals surface area contributed by atoms with Crippen LogP contribution in [0.5, 0.6) is 0 Å². The maximum atomic E-state index is 11.8. The Morgan fingerprint density at radius 2 is 2.26 bits per heavy atom.